The lowest BCUT2D eigenvalue weighted by atomic mass is 9.81. The van der Waals surface area contributed by atoms with E-state index in [4.69, 9.17) is 0 Å². The lowest BCUT2D eigenvalue weighted by molar-refractivity contribution is 0.660. The van der Waals surface area contributed by atoms with Crippen LogP contribution in [-0.4, -0.2) is 6.04 Å². The van der Waals surface area contributed by atoms with E-state index in [1.165, 1.54) is 98.3 Å². The van der Waals surface area contributed by atoms with Crippen molar-refractivity contribution in [3.63, 3.8) is 0 Å². The molecular formula is C57H43NS. The molecule has 9 aromatic rings. The highest BCUT2D eigenvalue weighted by atomic mass is 32.1. The van der Waals surface area contributed by atoms with Gasteiger partial charge in [-0.05, 0) is 104 Å². The van der Waals surface area contributed by atoms with E-state index in [0.717, 1.165) is 6.42 Å². The molecular weight excluding hydrogens is 731 g/mol. The van der Waals surface area contributed by atoms with Gasteiger partial charge in [0.2, 0.25) is 0 Å². The zero-order valence-electron chi connectivity index (χ0n) is 33.3. The summed E-state index contributed by atoms with van der Waals surface area (Å²) in [5.41, 5.74) is 18.0. The van der Waals surface area contributed by atoms with Crippen molar-refractivity contribution in [2.45, 2.75) is 31.7 Å². The Balaban J connectivity index is 0.996. The Labute approximate surface area is 350 Å². The second kappa shape index (κ2) is 14.3. The van der Waals surface area contributed by atoms with Crippen molar-refractivity contribution in [2.75, 3.05) is 4.90 Å². The maximum atomic E-state index is 2.54. The molecule has 1 unspecified atom stereocenters. The Bertz CT molecular complexity index is 3080. The molecule has 59 heavy (non-hydrogen) atoms. The molecule has 0 spiro atoms. The first kappa shape index (κ1) is 35.4. The van der Waals surface area contributed by atoms with Gasteiger partial charge >= 0.3 is 0 Å². The van der Waals surface area contributed by atoms with Gasteiger partial charge in [0, 0.05) is 42.5 Å². The third-order valence-electron chi connectivity index (χ3n) is 12.7. The molecule has 1 heterocycles. The number of nitrogens with zero attached hydrogens (tertiary/aromatic N) is 1. The van der Waals surface area contributed by atoms with Crippen molar-refractivity contribution >= 4 is 48.5 Å². The summed E-state index contributed by atoms with van der Waals surface area (Å²) in [6.45, 7) is 4.74. The van der Waals surface area contributed by atoms with Crippen molar-refractivity contribution in [3.05, 3.63) is 223 Å². The summed E-state index contributed by atoms with van der Waals surface area (Å²) in [4.78, 5) is 2.54. The summed E-state index contributed by atoms with van der Waals surface area (Å²) in [5, 5.41) is 2.63. The van der Waals surface area contributed by atoms with Gasteiger partial charge < -0.3 is 4.90 Å². The Morgan fingerprint density at radius 1 is 0.492 bits per heavy atom. The second-order valence-electron chi connectivity index (χ2n) is 16.4. The van der Waals surface area contributed by atoms with Gasteiger partial charge in [0.25, 0.3) is 0 Å². The molecule has 0 radical (unpaired) electrons. The molecule has 2 aliphatic rings. The molecule has 1 atom stereocenters. The van der Waals surface area contributed by atoms with Crippen LogP contribution in [0.3, 0.4) is 0 Å². The first-order chi connectivity index (χ1) is 29.0. The quantitative estimate of drug-likeness (QED) is 0.156. The highest BCUT2D eigenvalue weighted by Gasteiger charge is 2.35. The van der Waals surface area contributed by atoms with Gasteiger partial charge in [-0.1, -0.05) is 184 Å². The highest BCUT2D eigenvalue weighted by Crippen LogP contribution is 2.50. The number of thiophene rings is 1. The van der Waals surface area contributed by atoms with Crippen LogP contribution in [0.25, 0.3) is 70.3 Å². The van der Waals surface area contributed by atoms with Crippen molar-refractivity contribution in [3.8, 4) is 44.5 Å². The minimum absolute atomic E-state index is 0.0404. The van der Waals surface area contributed by atoms with Crippen LogP contribution >= 0.6 is 11.3 Å². The fourth-order valence-electron chi connectivity index (χ4n) is 9.66. The van der Waals surface area contributed by atoms with Gasteiger partial charge in [-0.3, -0.25) is 0 Å². The van der Waals surface area contributed by atoms with Gasteiger partial charge in [-0.2, -0.15) is 0 Å². The van der Waals surface area contributed by atoms with Crippen molar-refractivity contribution < 1.29 is 0 Å². The molecule has 2 heteroatoms. The molecule has 8 aromatic carbocycles. The molecule has 0 bridgehead atoms. The summed E-state index contributed by atoms with van der Waals surface area (Å²) >= 11 is 1.90. The third-order valence-corrected chi connectivity index (χ3v) is 13.9. The normalized spacial score (nSPS) is 15.2. The van der Waals surface area contributed by atoms with Gasteiger partial charge in [0.1, 0.15) is 0 Å². The van der Waals surface area contributed by atoms with Crippen LogP contribution in [0.2, 0.25) is 0 Å². The van der Waals surface area contributed by atoms with Crippen LogP contribution in [0.1, 0.15) is 37.0 Å². The number of rotatable bonds is 7. The van der Waals surface area contributed by atoms with E-state index >= 15 is 0 Å². The number of benzene rings is 8. The first-order valence-corrected chi connectivity index (χ1v) is 21.5. The highest BCUT2D eigenvalue weighted by molar-refractivity contribution is 7.26. The molecule has 0 amide bonds. The van der Waals surface area contributed by atoms with Gasteiger partial charge in [0.05, 0.1) is 6.04 Å². The number of hydrogen-bond acceptors (Lipinski definition) is 2. The molecule has 0 fully saturated rings. The Kier molecular flexibility index (Phi) is 8.57. The summed E-state index contributed by atoms with van der Waals surface area (Å²) < 4.78 is 2.65. The number of anilines is 2. The maximum Gasteiger partial charge on any atom is 0.0565 e. The van der Waals surface area contributed by atoms with Gasteiger partial charge in [0.15, 0.2) is 0 Å². The predicted octanol–water partition coefficient (Wildman–Crippen LogP) is 15.9. The molecule has 0 N–H and O–H groups in total. The van der Waals surface area contributed by atoms with Crippen LogP contribution in [0.15, 0.2) is 206 Å². The topological polar surface area (TPSA) is 3.24 Å². The Hall–Kier alpha value is -6.74. The Morgan fingerprint density at radius 2 is 1.08 bits per heavy atom. The van der Waals surface area contributed by atoms with Crippen LogP contribution in [0.5, 0.6) is 0 Å². The zero-order chi connectivity index (χ0) is 39.5. The van der Waals surface area contributed by atoms with Crippen LogP contribution in [0.4, 0.5) is 11.4 Å². The van der Waals surface area contributed by atoms with E-state index in [0.29, 0.717) is 0 Å². The molecule has 11 rings (SSSR count). The average molecular weight is 774 g/mol. The standard InChI is InChI=1S/C57H43NS/c1-57(2)52-22-11-9-20-48(52)49-33-28-43(37-53(49)57)42-18-13-19-46(36-42)58(44-29-24-39(25-30-44)38-14-5-3-6-15-38)45-31-26-41(27-32-45)55-47(40-16-7-4-8-17-40)34-35-51-50-21-10-12-23-54(50)59-56(51)55/h3-35,37,46H,36H2,1-2H3. The largest absolute Gasteiger partial charge is 0.334 e. The van der Waals surface area contributed by atoms with Crippen LogP contribution in [0, 0.1) is 0 Å². The SMILES string of the molecule is CC1(C)c2ccccc2-c2ccc(C3=CC=CC(N(c4ccc(-c5ccccc5)cc4)c4ccc(-c5c(-c6ccccc6)ccc6c5sc5ccccc56)cc4)C3)cc21. The van der Waals surface area contributed by atoms with Crippen molar-refractivity contribution in [1.82, 2.24) is 0 Å². The van der Waals surface area contributed by atoms with Crippen molar-refractivity contribution in [2.24, 2.45) is 0 Å². The fourth-order valence-corrected chi connectivity index (χ4v) is 10.9. The maximum absolute atomic E-state index is 2.54. The fraction of sp³-hybridized carbons (Fsp3) is 0.0877. The minimum Gasteiger partial charge on any atom is -0.334 e. The summed E-state index contributed by atoms with van der Waals surface area (Å²) in [5.74, 6) is 0. The van der Waals surface area contributed by atoms with Crippen LogP contribution < -0.4 is 4.90 Å². The minimum atomic E-state index is -0.0404. The summed E-state index contributed by atoms with van der Waals surface area (Å²) in [6, 6.07) is 69.6. The molecule has 0 saturated carbocycles. The molecule has 1 aromatic heterocycles. The van der Waals surface area contributed by atoms with E-state index in [1.54, 1.807) is 0 Å². The Morgan fingerprint density at radius 3 is 1.85 bits per heavy atom. The average Bonchev–Trinajstić information content (AvgIpc) is 3.79. The lowest BCUT2D eigenvalue weighted by Crippen LogP contribution is -2.30. The van der Waals surface area contributed by atoms with E-state index in [2.05, 4.69) is 225 Å². The number of fused-ring (bicyclic) bond motifs is 6. The molecule has 282 valence electrons. The number of hydrogen-bond donors (Lipinski definition) is 0. The first-order valence-electron chi connectivity index (χ1n) is 20.7. The molecule has 2 aliphatic carbocycles. The van der Waals surface area contributed by atoms with Gasteiger partial charge in [-0.15, -0.1) is 11.3 Å². The summed E-state index contributed by atoms with van der Waals surface area (Å²) in [6.07, 6.45) is 7.86. The van der Waals surface area contributed by atoms with E-state index < -0.39 is 0 Å². The van der Waals surface area contributed by atoms with Crippen LogP contribution in [-0.2, 0) is 5.41 Å². The summed E-state index contributed by atoms with van der Waals surface area (Å²) in [7, 11) is 0. The third kappa shape index (κ3) is 6.06. The molecule has 0 saturated heterocycles. The number of allylic oxidation sites excluding steroid dienone is 2. The lowest BCUT2D eigenvalue weighted by Gasteiger charge is -2.34. The second-order valence-corrected chi connectivity index (χ2v) is 17.5. The van der Waals surface area contributed by atoms with Gasteiger partial charge in [-0.25, -0.2) is 0 Å². The smallest absolute Gasteiger partial charge is 0.0565 e. The zero-order valence-corrected chi connectivity index (χ0v) is 34.1. The van der Waals surface area contributed by atoms with Crippen molar-refractivity contribution in [1.29, 1.82) is 0 Å². The van der Waals surface area contributed by atoms with E-state index in [-0.39, 0.29) is 11.5 Å². The van der Waals surface area contributed by atoms with E-state index in [9.17, 15) is 0 Å². The predicted molar refractivity (Wildman–Crippen MR) is 254 cm³/mol. The van der Waals surface area contributed by atoms with E-state index in [1.807, 2.05) is 11.3 Å². The molecule has 0 aliphatic heterocycles. The molecule has 1 nitrogen and oxygen atoms in total. The monoisotopic (exact) mass is 773 g/mol.